The zero-order chi connectivity index (χ0) is 17.1. The fourth-order valence-corrected chi connectivity index (χ4v) is 2.67. The largest absolute Gasteiger partial charge is 0.493 e. The van der Waals surface area contributed by atoms with Crippen molar-refractivity contribution in [3.05, 3.63) is 46.2 Å². The van der Waals surface area contributed by atoms with E-state index in [0.717, 1.165) is 22.4 Å². The molecule has 0 fully saturated rings. The van der Waals surface area contributed by atoms with Gasteiger partial charge in [0.2, 0.25) is 0 Å². The van der Waals surface area contributed by atoms with Crippen molar-refractivity contribution in [3.8, 4) is 16.9 Å². The molecular formula is C18H20ClNO3. The SMILES string of the molecule is CCOc1c(C(C)C(=O)O)cc(Cl)c(C)c1-c1ccc(C)nc1. The van der Waals surface area contributed by atoms with Crippen molar-refractivity contribution < 1.29 is 14.6 Å². The Balaban J connectivity index is 2.77. The van der Waals surface area contributed by atoms with Crippen LogP contribution in [0.4, 0.5) is 0 Å². The van der Waals surface area contributed by atoms with Gasteiger partial charge in [0.15, 0.2) is 0 Å². The van der Waals surface area contributed by atoms with Gasteiger partial charge in [-0.15, -0.1) is 0 Å². The first kappa shape index (κ1) is 17.3. The summed E-state index contributed by atoms with van der Waals surface area (Å²) < 4.78 is 5.81. The minimum atomic E-state index is -0.918. The zero-order valence-electron chi connectivity index (χ0n) is 13.7. The van der Waals surface area contributed by atoms with Crippen LogP contribution in [0, 0.1) is 13.8 Å². The highest BCUT2D eigenvalue weighted by molar-refractivity contribution is 6.32. The molecule has 2 aromatic rings. The van der Waals surface area contributed by atoms with E-state index in [2.05, 4.69) is 4.98 Å². The number of nitrogens with zero attached hydrogens (tertiary/aromatic N) is 1. The predicted molar refractivity (Wildman–Crippen MR) is 91.4 cm³/mol. The van der Waals surface area contributed by atoms with Gasteiger partial charge in [0.05, 0.1) is 12.5 Å². The molecule has 1 unspecified atom stereocenters. The lowest BCUT2D eigenvalue weighted by atomic mass is 9.91. The average Bonchev–Trinajstić information content (AvgIpc) is 2.51. The van der Waals surface area contributed by atoms with Crippen LogP contribution < -0.4 is 4.74 Å². The summed E-state index contributed by atoms with van der Waals surface area (Å²) in [6.07, 6.45) is 1.76. The fraction of sp³-hybridized carbons (Fsp3) is 0.333. The highest BCUT2D eigenvalue weighted by Crippen LogP contribution is 2.42. The molecule has 23 heavy (non-hydrogen) atoms. The highest BCUT2D eigenvalue weighted by Gasteiger charge is 2.24. The van der Waals surface area contributed by atoms with E-state index >= 15 is 0 Å². The van der Waals surface area contributed by atoms with Crippen molar-refractivity contribution in [3.63, 3.8) is 0 Å². The molecule has 0 bridgehead atoms. The van der Waals surface area contributed by atoms with Crippen LogP contribution in [0.2, 0.25) is 5.02 Å². The van der Waals surface area contributed by atoms with Crippen LogP contribution in [0.5, 0.6) is 5.75 Å². The van der Waals surface area contributed by atoms with E-state index in [1.807, 2.05) is 32.9 Å². The standard InChI is InChI=1S/C18H20ClNO3/c1-5-23-17-14(11(3)18(21)22)8-15(19)12(4)16(17)13-7-6-10(2)20-9-13/h6-9,11H,5H2,1-4H3,(H,21,22). The molecule has 1 heterocycles. The number of aliphatic carboxylic acids is 1. The summed E-state index contributed by atoms with van der Waals surface area (Å²) in [6.45, 7) is 7.75. The first-order valence-corrected chi connectivity index (χ1v) is 7.86. The quantitative estimate of drug-likeness (QED) is 0.868. The van der Waals surface area contributed by atoms with E-state index < -0.39 is 11.9 Å². The topological polar surface area (TPSA) is 59.4 Å². The third-order valence-electron chi connectivity index (χ3n) is 3.83. The Kier molecular flexibility index (Phi) is 5.26. The summed E-state index contributed by atoms with van der Waals surface area (Å²) >= 11 is 6.35. The van der Waals surface area contributed by atoms with Crippen LogP contribution in [-0.2, 0) is 4.79 Å². The lowest BCUT2D eigenvalue weighted by molar-refractivity contribution is -0.138. The Hall–Kier alpha value is -2.07. The molecule has 0 saturated carbocycles. The van der Waals surface area contributed by atoms with Crippen LogP contribution in [0.3, 0.4) is 0 Å². The number of carboxylic acid groups (broad SMARTS) is 1. The molecule has 1 aromatic carbocycles. The normalized spacial score (nSPS) is 12.0. The number of carboxylic acids is 1. The fourth-order valence-electron chi connectivity index (χ4n) is 2.46. The number of pyridine rings is 1. The summed E-state index contributed by atoms with van der Waals surface area (Å²) in [6, 6.07) is 5.54. The number of halogens is 1. The molecule has 0 aliphatic rings. The number of carbonyl (C=O) groups is 1. The summed E-state index contributed by atoms with van der Waals surface area (Å²) in [5.41, 5.74) is 3.99. The number of aryl methyl sites for hydroxylation is 1. The third kappa shape index (κ3) is 3.48. The molecule has 1 N–H and O–H groups in total. The molecule has 0 amide bonds. The maximum Gasteiger partial charge on any atom is 0.310 e. The lowest BCUT2D eigenvalue weighted by Gasteiger charge is -2.21. The zero-order valence-corrected chi connectivity index (χ0v) is 14.4. The van der Waals surface area contributed by atoms with E-state index in [1.54, 1.807) is 19.2 Å². The van der Waals surface area contributed by atoms with E-state index in [1.165, 1.54) is 0 Å². The molecular weight excluding hydrogens is 314 g/mol. The predicted octanol–water partition coefficient (Wildman–Crippen LogP) is 4.61. The maximum absolute atomic E-state index is 11.4. The minimum Gasteiger partial charge on any atom is -0.493 e. The minimum absolute atomic E-state index is 0.437. The first-order chi connectivity index (χ1) is 10.9. The third-order valence-corrected chi connectivity index (χ3v) is 4.22. The lowest BCUT2D eigenvalue weighted by Crippen LogP contribution is -2.11. The van der Waals surface area contributed by atoms with Crippen LogP contribution in [0.25, 0.3) is 11.1 Å². The van der Waals surface area contributed by atoms with Crippen molar-refractivity contribution in [2.45, 2.75) is 33.6 Å². The second-order valence-corrected chi connectivity index (χ2v) is 5.87. The molecule has 122 valence electrons. The smallest absolute Gasteiger partial charge is 0.310 e. The average molecular weight is 334 g/mol. The van der Waals surface area contributed by atoms with Gasteiger partial charge in [-0.25, -0.2) is 0 Å². The van der Waals surface area contributed by atoms with E-state index in [9.17, 15) is 9.90 Å². The Morgan fingerprint density at radius 1 is 1.39 bits per heavy atom. The Bertz CT molecular complexity index is 726. The van der Waals surface area contributed by atoms with Gasteiger partial charge in [-0.2, -0.15) is 0 Å². The molecule has 0 saturated heterocycles. The van der Waals surface area contributed by atoms with Gasteiger partial charge in [0.25, 0.3) is 0 Å². The summed E-state index contributed by atoms with van der Waals surface area (Å²) in [4.78, 5) is 15.8. The molecule has 1 aromatic heterocycles. The first-order valence-electron chi connectivity index (χ1n) is 7.48. The van der Waals surface area contributed by atoms with Gasteiger partial charge in [0, 0.05) is 33.6 Å². The van der Waals surface area contributed by atoms with Gasteiger partial charge in [-0.1, -0.05) is 17.7 Å². The molecule has 4 nitrogen and oxygen atoms in total. The second-order valence-electron chi connectivity index (χ2n) is 5.46. The molecule has 1 atom stereocenters. The molecule has 0 radical (unpaired) electrons. The Morgan fingerprint density at radius 2 is 2.09 bits per heavy atom. The maximum atomic E-state index is 11.4. The number of hydrogen-bond donors (Lipinski definition) is 1. The van der Waals surface area contributed by atoms with Gasteiger partial charge >= 0.3 is 5.97 Å². The summed E-state index contributed by atoms with van der Waals surface area (Å²) in [7, 11) is 0. The van der Waals surface area contributed by atoms with E-state index in [-0.39, 0.29) is 0 Å². The van der Waals surface area contributed by atoms with E-state index in [0.29, 0.717) is 22.9 Å². The molecule has 0 aliphatic carbocycles. The second kappa shape index (κ2) is 7.01. The molecule has 0 aliphatic heterocycles. The Morgan fingerprint density at radius 3 is 2.61 bits per heavy atom. The number of hydrogen-bond acceptors (Lipinski definition) is 3. The van der Waals surface area contributed by atoms with E-state index in [4.69, 9.17) is 16.3 Å². The highest BCUT2D eigenvalue weighted by atomic mass is 35.5. The number of ether oxygens (including phenoxy) is 1. The van der Waals surface area contributed by atoms with Crippen molar-refractivity contribution >= 4 is 17.6 Å². The van der Waals surface area contributed by atoms with Gasteiger partial charge in [-0.3, -0.25) is 9.78 Å². The van der Waals surface area contributed by atoms with Crippen LogP contribution in [0.15, 0.2) is 24.4 Å². The number of aromatic nitrogens is 1. The van der Waals surface area contributed by atoms with Gasteiger partial charge in [0.1, 0.15) is 5.75 Å². The molecule has 5 heteroatoms. The monoisotopic (exact) mass is 333 g/mol. The van der Waals surface area contributed by atoms with Gasteiger partial charge < -0.3 is 9.84 Å². The number of benzene rings is 1. The van der Waals surface area contributed by atoms with Crippen LogP contribution >= 0.6 is 11.6 Å². The van der Waals surface area contributed by atoms with Crippen LogP contribution in [0.1, 0.15) is 36.6 Å². The van der Waals surface area contributed by atoms with Crippen LogP contribution in [-0.4, -0.2) is 22.7 Å². The van der Waals surface area contributed by atoms with Crippen molar-refractivity contribution in [1.29, 1.82) is 0 Å². The van der Waals surface area contributed by atoms with Crippen molar-refractivity contribution in [2.24, 2.45) is 0 Å². The van der Waals surface area contributed by atoms with Gasteiger partial charge in [-0.05, 0) is 45.4 Å². The summed E-state index contributed by atoms with van der Waals surface area (Å²) in [5.74, 6) is -1.07. The molecule has 2 rings (SSSR count). The number of rotatable bonds is 5. The summed E-state index contributed by atoms with van der Waals surface area (Å²) in [5, 5.41) is 9.90. The van der Waals surface area contributed by atoms with Crippen molar-refractivity contribution in [1.82, 2.24) is 4.98 Å². The Labute approximate surface area is 141 Å². The molecule has 0 spiro atoms. The van der Waals surface area contributed by atoms with Crippen molar-refractivity contribution in [2.75, 3.05) is 6.61 Å².